The molecule has 3 nitrogen and oxygen atoms in total. The van der Waals surface area contributed by atoms with Gasteiger partial charge in [-0.15, -0.1) is 0 Å². The fourth-order valence-corrected chi connectivity index (χ4v) is 2.10. The first-order chi connectivity index (χ1) is 7.63. The van der Waals surface area contributed by atoms with Crippen LogP contribution < -0.4 is 10.5 Å². The minimum Gasteiger partial charge on any atom is -0.496 e. The summed E-state index contributed by atoms with van der Waals surface area (Å²) in [6.07, 6.45) is 0. The fourth-order valence-electron chi connectivity index (χ4n) is 2.10. The van der Waals surface area contributed by atoms with Gasteiger partial charge in [0.15, 0.2) is 0 Å². The van der Waals surface area contributed by atoms with Crippen LogP contribution in [0.3, 0.4) is 0 Å². The third-order valence-electron chi connectivity index (χ3n) is 2.77. The van der Waals surface area contributed by atoms with Crippen LogP contribution in [-0.2, 0) is 4.74 Å². The first-order valence-electron chi connectivity index (χ1n) is 5.48. The highest BCUT2D eigenvalue weighted by molar-refractivity contribution is 5.45. The van der Waals surface area contributed by atoms with Crippen molar-refractivity contribution in [3.63, 3.8) is 0 Å². The zero-order valence-corrected chi connectivity index (χ0v) is 10.5. The van der Waals surface area contributed by atoms with Crippen molar-refractivity contribution >= 4 is 0 Å². The summed E-state index contributed by atoms with van der Waals surface area (Å²) in [6.45, 7) is 5.33. The largest absolute Gasteiger partial charge is 0.496 e. The number of hydrogen-bond donors (Lipinski definition) is 1. The van der Waals surface area contributed by atoms with Crippen LogP contribution in [0.4, 0.5) is 0 Å². The molecule has 1 unspecified atom stereocenters. The first-order valence-corrected chi connectivity index (χ1v) is 5.48. The fraction of sp³-hybridized carbons (Fsp3) is 0.538. The van der Waals surface area contributed by atoms with Crippen molar-refractivity contribution in [1.29, 1.82) is 0 Å². The van der Waals surface area contributed by atoms with Crippen molar-refractivity contribution in [2.24, 2.45) is 5.73 Å². The summed E-state index contributed by atoms with van der Waals surface area (Å²) in [5, 5.41) is 0. The first kappa shape index (κ1) is 13.0. The summed E-state index contributed by atoms with van der Waals surface area (Å²) in [6, 6.07) is 4.19. The summed E-state index contributed by atoms with van der Waals surface area (Å²) in [5.41, 5.74) is 9.36. The number of nitrogens with two attached hydrogens (primary N) is 1. The summed E-state index contributed by atoms with van der Waals surface area (Å²) >= 11 is 0. The van der Waals surface area contributed by atoms with E-state index in [1.807, 2.05) is 6.07 Å². The van der Waals surface area contributed by atoms with Crippen molar-refractivity contribution in [1.82, 2.24) is 0 Å². The lowest BCUT2D eigenvalue weighted by Gasteiger charge is -2.20. The lowest BCUT2D eigenvalue weighted by molar-refractivity contribution is 0.179. The van der Waals surface area contributed by atoms with Crippen molar-refractivity contribution in [3.05, 3.63) is 28.8 Å². The molecule has 2 N–H and O–H groups in total. The third-order valence-corrected chi connectivity index (χ3v) is 2.77. The van der Waals surface area contributed by atoms with E-state index in [1.165, 1.54) is 11.1 Å². The van der Waals surface area contributed by atoms with Gasteiger partial charge in [0.1, 0.15) is 5.75 Å². The summed E-state index contributed by atoms with van der Waals surface area (Å²) < 4.78 is 10.6. The number of benzene rings is 1. The molecule has 1 aromatic carbocycles. The minimum atomic E-state index is 0.195. The predicted octanol–water partition coefficient (Wildman–Crippen LogP) is 2.00. The SMILES string of the molecule is COCC(CN)c1c(C)cc(C)cc1OC. The van der Waals surface area contributed by atoms with E-state index >= 15 is 0 Å². The van der Waals surface area contributed by atoms with Crippen LogP contribution in [0.15, 0.2) is 12.1 Å². The van der Waals surface area contributed by atoms with Gasteiger partial charge >= 0.3 is 0 Å². The highest BCUT2D eigenvalue weighted by Crippen LogP contribution is 2.31. The Bertz CT molecular complexity index is 350. The molecule has 90 valence electrons. The van der Waals surface area contributed by atoms with Crippen LogP contribution in [0.2, 0.25) is 0 Å². The molecule has 0 spiro atoms. The lowest BCUT2D eigenvalue weighted by Crippen LogP contribution is -2.19. The van der Waals surface area contributed by atoms with Gasteiger partial charge in [-0.1, -0.05) is 6.07 Å². The van der Waals surface area contributed by atoms with Crippen LogP contribution in [0, 0.1) is 13.8 Å². The van der Waals surface area contributed by atoms with E-state index in [9.17, 15) is 0 Å². The summed E-state index contributed by atoms with van der Waals surface area (Å²) in [4.78, 5) is 0. The van der Waals surface area contributed by atoms with Gasteiger partial charge < -0.3 is 15.2 Å². The normalized spacial score (nSPS) is 12.6. The second kappa shape index (κ2) is 5.87. The maximum absolute atomic E-state index is 5.79. The zero-order valence-electron chi connectivity index (χ0n) is 10.5. The van der Waals surface area contributed by atoms with E-state index in [0.717, 1.165) is 11.3 Å². The van der Waals surface area contributed by atoms with Crippen molar-refractivity contribution in [3.8, 4) is 5.75 Å². The molecule has 16 heavy (non-hydrogen) atoms. The van der Waals surface area contributed by atoms with Crippen molar-refractivity contribution in [2.75, 3.05) is 27.4 Å². The monoisotopic (exact) mass is 223 g/mol. The van der Waals surface area contributed by atoms with Gasteiger partial charge in [-0.3, -0.25) is 0 Å². The van der Waals surface area contributed by atoms with Gasteiger partial charge in [-0.2, -0.15) is 0 Å². The standard InChI is InChI=1S/C13H21NO2/c1-9-5-10(2)13(12(6-9)16-4)11(7-14)8-15-3/h5-6,11H,7-8,14H2,1-4H3. The molecular weight excluding hydrogens is 202 g/mol. The van der Waals surface area contributed by atoms with Crippen molar-refractivity contribution < 1.29 is 9.47 Å². The quantitative estimate of drug-likeness (QED) is 0.830. The molecule has 0 aliphatic rings. The topological polar surface area (TPSA) is 44.5 Å². The van der Waals surface area contributed by atoms with E-state index in [2.05, 4.69) is 19.9 Å². The zero-order chi connectivity index (χ0) is 12.1. The van der Waals surface area contributed by atoms with Crippen LogP contribution in [0.5, 0.6) is 5.75 Å². The Morgan fingerprint density at radius 2 is 1.94 bits per heavy atom. The van der Waals surface area contributed by atoms with Gasteiger partial charge in [0, 0.05) is 25.1 Å². The van der Waals surface area contributed by atoms with E-state index in [1.54, 1.807) is 14.2 Å². The van der Waals surface area contributed by atoms with Crippen LogP contribution in [0.1, 0.15) is 22.6 Å². The average molecular weight is 223 g/mol. The Kier molecular flexibility index (Phi) is 4.77. The van der Waals surface area contributed by atoms with E-state index in [-0.39, 0.29) is 5.92 Å². The number of methoxy groups -OCH3 is 2. The third kappa shape index (κ3) is 2.74. The highest BCUT2D eigenvalue weighted by Gasteiger charge is 2.17. The highest BCUT2D eigenvalue weighted by atomic mass is 16.5. The molecule has 0 saturated carbocycles. The second-order valence-electron chi connectivity index (χ2n) is 4.09. The summed E-state index contributed by atoms with van der Waals surface area (Å²) in [5.74, 6) is 1.10. The van der Waals surface area contributed by atoms with Crippen LogP contribution in [-0.4, -0.2) is 27.4 Å². The maximum Gasteiger partial charge on any atom is 0.122 e. The molecule has 0 bridgehead atoms. The molecule has 1 atom stereocenters. The molecule has 0 heterocycles. The molecule has 1 rings (SSSR count). The Morgan fingerprint density at radius 1 is 1.25 bits per heavy atom. The molecule has 0 amide bonds. The number of hydrogen-bond acceptors (Lipinski definition) is 3. The molecule has 1 aromatic rings. The molecule has 0 fully saturated rings. The molecule has 0 saturated heterocycles. The number of ether oxygens (including phenoxy) is 2. The van der Waals surface area contributed by atoms with E-state index < -0.39 is 0 Å². The van der Waals surface area contributed by atoms with E-state index in [0.29, 0.717) is 13.2 Å². The predicted molar refractivity (Wildman–Crippen MR) is 66.1 cm³/mol. The van der Waals surface area contributed by atoms with Gasteiger partial charge in [0.05, 0.1) is 13.7 Å². The number of aryl methyl sites for hydroxylation is 2. The van der Waals surface area contributed by atoms with Gasteiger partial charge in [0.2, 0.25) is 0 Å². The Balaban J connectivity index is 3.18. The van der Waals surface area contributed by atoms with Gasteiger partial charge in [0.25, 0.3) is 0 Å². The Hall–Kier alpha value is -1.06. The molecule has 3 heteroatoms. The average Bonchev–Trinajstić information content (AvgIpc) is 2.25. The smallest absolute Gasteiger partial charge is 0.122 e. The second-order valence-corrected chi connectivity index (χ2v) is 4.09. The Morgan fingerprint density at radius 3 is 2.44 bits per heavy atom. The minimum absolute atomic E-state index is 0.195. The molecular formula is C13H21NO2. The van der Waals surface area contributed by atoms with E-state index in [4.69, 9.17) is 15.2 Å². The molecule has 0 aromatic heterocycles. The van der Waals surface area contributed by atoms with Crippen molar-refractivity contribution in [2.45, 2.75) is 19.8 Å². The van der Waals surface area contributed by atoms with Gasteiger partial charge in [-0.25, -0.2) is 0 Å². The van der Waals surface area contributed by atoms with Gasteiger partial charge in [-0.05, 0) is 31.0 Å². The van der Waals surface area contributed by atoms with Crippen LogP contribution in [0.25, 0.3) is 0 Å². The summed E-state index contributed by atoms with van der Waals surface area (Å²) in [7, 11) is 3.39. The maximum atomic E-state index is 5.79. The molecule has 0 radical (unpaired) electrons. The lowest BCUT2D eigenvalue weighted by atomic mass is 9.93. The Labute approximate surface area is 97.6 Å². The molecule has 0 aliphatic carbocycles. The molecule has 0 aliphatic heterocycles. The van der Waals surface area contributed by atoms with Crippen LogP contribution >= 0.6 is 0 Å². The number of rotatable bonds is 5.